The molecule has 0 saturated carbocycles. The molecule has 1 aromatic carbocycles. The van der Waals surface area contributed by atoms with Crippen LogP contribution in [-0.2, 0) is 0 Å². The van der Waals surface area contributed by atoms with E-state index in [1.807, 2.05) is 0 Å². The molecule has 0 spiro atoms. The number of aryl methyl sites for hydroxylation is 2. The summed E-state index contributed by atoms with van der Waals surface area (Å²) in [6.07, 6.45) is 2.03. The third kappa shape index (κ3) is 3.64. The van der Waals surface area contributed by atoms with Crippen LogP contribution in [0.2, 0.25) is 0 Å². The van der Waals surface area contributed by atoms with Crippen LogP contribution in [0.1, 0.15) is 49.3 Å². The Balaban J connectivity index is 2.87. The van der Waals surface area contributed by atoms with E-state index >= 15 is 0 Å². The maximum absolute atomic E-state index is 9.13. The smallest absolute Gasteiger partial charge is 0.0436 e. The van der Waals surface area contributed by atoms with Crippen molar-refractivity contribution in [1.29, 1.82) is 0 Å². The number of hydrogen-bond acceptors (Lipinski definition) is 1. The Morgan fingerprint density at radius 1 is 1.12 bits per heavy atom. The molecule has 0 saturated heterocycles. The van der Waals surface area contributed by atoms with Crippen molar-refractivity contribution in [2.45, 2.75) is 46.5 Å². The van der Waals surface area contributed by atoms with Gasteiger partial charge in [-0.3, -0.25) is 0 Å². The summed E-state index contributed by atoms with van der Waals surface area (Å²) < 4.78 is 0. The normalized spacial score (nSPS) is 13.1. The third-order valence-corrected chi connectivity index (χ3v) is 3.24. The molecule has 1 nitrogen and oxygen atoms in total. The lowest BCUT2D eigenvalue weighted by Crippen LogP contribution is -2.06. The van der Waals surface area contributed by atoms with Crippen LogP contribution in [0.15, 0.2) is 18.2 Å². The molecular weight excluding hydrogens is 196 g/mol. The first-order chi connectivity index (χ1) is 7.54. The molecule has 0 radical (unpaired) electrons. The highest BCUT2D eigenvalue weighted by Crippen LogP contribution is 2.28. The Hall–Kier alpha value is -0.820. The molecular formula is C15H24O. The fourth-order valence-corrected chi connectivity index (χ4v) is 2.16. The van der Waals surface area contributed by atoms with Crippen LogP contribution in [-0.4, -0.2) is 11.7 Å². The van der Waals surface area contributed by atoms with E-state index in [2.05, 4.69) is 45.9 Å². The van der Waals surface area contributed by atoms with Crippen LogP contribution < -0.4 is 0 Å². The highest BCUT2D eigenvalue weighted by molar-refractivity contribution is 5.32. The topological polar surface area (TPSA) is 20.2 Å². The molecule has 0 fully saturated rings. The highest BCUT2D eigenvalue weighted by Gasteiger charge is 2.13. The fraction of sp³-hybridized carbons (Fsp3) is 0.600. The molecule has 0 bridgehead atoms. The third-order valence-electron chi connectivity index (χ3n) is 3.24. The maximum Gasteiger partial charge on any atom is 0.0436 e. The number of rotatable bonds is 5. The predicted octanol–water partition coefficient (Wildman–Crippen LogP) is 3.82. The Morgan fingerprint density at radius 2 is 1.81 bits per heavy atom. The van der Waals surface area contributed by atoms with Gasteiger partial charge in [0.2, 0.25) is 0 Å². The number of hydrogen-bond donors (Lipinski definition) is 1. The number of aliphatic hydroxyl groups is 1. The first kappa shape index (κ1) is 13.2. The molecule has 0 aliphatic rings. The lowest BCUT2D eigenvalue weighted by molar-refractivity contribution is 0.267. The monoisotopic (exact) mass is 220 g/mol. The summed E-state index contributed by atoms with van der Waals surface area (Å²) in [5.74, 6) is 1.18. The summed E-state index contributed by atoms with van der Waals surface area (Å²) in [6.45, 7) is 9.06. The van der Waals surface area contributed by atoms with Crippen molar-refractivity contribution in [3.8, 4) is 0 Å². The van der Waals surface area contributed by atoms with E-state index < -0.39 is 0 Å². The van der Waals surface area contributed by atoms with Gasteiger partial charge in [-0.25, -0.2) is 0 Å². The quantitative estimate of drug-likeness (QED) is 0.800. The second-order valence-electron chi connectivity index (χ2n) is 5.18. The van der Waals surface area contributed by atoms with Gasteiger partial charge in [-0.1, -0.05) is 32.0 Å². The first-order valence-electron chi connectivity index (χ1n) is 6.22. The second-order valence-corrected chi connectivity index (χ2v) is 5.18. The van der Waals surface area contributed by atoms with Crippen LogP contribution in [0, 0.1) is 19.8 Å². The van der Waals surface area contributed by atoms with Gasteiger partial charge >= 0.3 is 0 Å². The van der Waals surface area contributed by atoms with E-state index in [1.54, 1.807) is 0 Å². The van der Waals surface area contributed by atoms with E-state index in [0.717, 1.165) is 12.8 Å². The number of aliphatic hydroxyl groups excluding tert-OH is 1. The van der Waals surface area contributed by atoms with Gasteiger partial charge in [0.05, 0.1) is 0 Å². The van der Waals surface area contributed by atoms with E-state index in [0.29, 0.717) is 11.8 Å². The van der Waals surface area contributed by atoms with Crippen LogP contribution in [0.5, 0.6) is 0 Å². The van der Waals surface area contributed by atoms with E-state index in [9.17, 15) is 0 Å². The van der Waals surface area contributed by atoms with Gasteiger partial charge in [0, 0.05) is 6.61 Å². The molecule has 1 N–H and O–H groups in total. The Kier molecular flexibility index (Phi) is 5.01. The minimum Gasteiger partial charge on any atom is -0.396 e. The summed E-state index contributed by atoms with van der Waals surface area (Å²) in [5.41, 5.74) is 4.08. The van der Waals surface area contributed by atoms with Gasteiger partial charge in [0.1, 0.15) is 0 Å². The zero-order valence-corrected chi connectivity index (χ0v) is 11.0. The van der Waals surface area contributed by atoms with Gasteiger partial charge in [0.25, 0.3) is 0 Å². The van der Waals surface area contributed by atoms with Crippen molar-refractivity contribution in [2.24, 2.45) is 5.92 Å². The van der Waals surface area contributed by atoms with Crippen molar-refractivity contribution in [3.63, 3.8) is 0 Å². The van der Waals surface area contributed by atoms with Crippen molar-refractivity contribution in [3.05, 3.63) is 34.9 Å². The molecule has 1 atom stereocenters. The number of benzene rings is 1. The van der Waals surface area contributed by atoms with Gasteiger partial charge < -0.3 is 5.11 Å². The summed E-state index contributed by atoms with van der Waals surface area (Å²) >= 11 is 0. The molecule has 90 valence electrons. The summed E-state index contributed by atoms with van der Waals surface area (Å²) in [6, 6.07) is 6.68. The SMILES string of the molecule is Cc1ccc(C(CCO)CC(C)C)cc1C. The van der Waals surface area contributed by atoms with E-state index in [-0.39, 0.29) is 6.61 Å². The molecule has 0 heterocycles. The van der Waals surface area contributed by atoms with Gasteiger partial charge in [-0.2, -0.15) is 0 Å². The Morgan fingerprint density at radius 3 is 2.31 bits per heavy atom. The van der Waals surface area contributed by atoms with Crippen LogP contribution in [0.3, 0.4) is 0 Å². The van der Waals surface area contributed by atoms with Crippen LogP contribution in [0.25, 0.3) is 0 Å². The molecule has 0 amide bonds. The molecule has 0 aliphatic carbocycles. The molecule has 16 heavy (non-hydrogen) atoms. The van der Waals surface area contributed by atoms with Gasteiger partial charge in [0.15, 0.2) is 0 Å². The average molecular weight is 220 g/mol. The standard InChI is InChI=1S/C15H24O/c1-11(2)9-15(7-8-16)14-6-5-12(3)13(4)10-14/h5-6,10-11,15-16H,7-9H2,1-4H3. The molecule has 1 aromatic rings. The van der Waals surface area contributed by atoms with Crippen molar-refractivity contribution in [2.75, 3.05) is 6.61 Å². The summed E-state index contributed by atoms with van der Waals surface area (Å²) in [5, 5.41) is 9.13. The van der Waals surface area contributed by atoms with Crippen molar-refractivity contribution in [1.82, 2.24) is 0 Å². The highest BCUT2D eigenvalue weighted by atomic mass is 16.3. The fourth-order valence-electron chi connectivity index (χ4n) is 2.16. The summed E-state index contributed by atoms with van der Waals surface area (Å²) in [7, 11) is 0. The summed E-state index contributed by atoms with van der Waals surface area (Å²) in [4.78, 5) is 0. The Bertz CT molecular complexity index is 328. The zero-order chi connectivity index (χ0) is 12.1. The minimum absolute atomic E-state index is 0.282. The molecule has 1 rings (SSSR count). The van der Waals surface area contributed by atoms with Gasteiger partial charge in [-0.15, -0.1) is 0 Å². The van der Waals surface area contributed by atoms with Gasteiger partial charge in [-0.05, 0) is 55.2 Å². The zero-order valence-electron chi connectivity index (χ0n) is 11.0. The molecule has 1 heteroatoms. The van der Waals surface area contributed by atoms with Crippen LogP contribution >= 0.6 is 0 Å². The first-order valence-corrected chi connectivity index (χ1v) is 6.22. The molecule has 0 aliphatic heterocycles. The predicted molar refractivity (Wildman–Crippen MR) is 69.8 cm³/mol. The lowest BCUT2D eigenvalue weighted by Gasteiger charge is -2.19. The lowest BCUT2D eigenvalue weighted by atomic mass is 9.87. The Labute approximate surface area is 99.5 Å². The second kappa shape index (κ2) is 6.05. The van der Waals surface area contributed by atoms with Crippen molar-refractivity contribution < 1.29 is 5.11 Å². The van der Waals surface area contributed by atoms with E-state index in [1.165, 1.54) is 16.7 Å². The minimum atomic E-state index is 0.282. The molecule has 0 aromatic heterocycles. The van der Waals surface area contributed by atoms with E-state index in [4.69, 9.17) is 5.11 Å². The van der Waals surface area contributed by atoms with Crippen molar-refractivity contribution >= 4 is 0 Å². The average Bonchev–Trinajstić information content (AvgIpc) is 2.21. The van der Waals surface area contributed by atoms with Crippen LogP contribution in [0.4, 0.5) is 0 Å². The largest absolute Gasteiger partial charge is 0.396 e. The maximum atomic E-state index is 9.13. The molecule has 1 unspecified atom stereocenters.